The van der Waals surface area contributed by atoms with Crippen LogP contribution >= 0.6 is 22.9 Å². The molecule has 0 saturated carbocycles. The zero-order valence-electron chi connectivity index (χ0n) is 5.67. The first-order valence-electron chi connectivity index (χ1n) is 3.03. The molecule has 56 valence electrons. The number of rotatable bonds is 2. The van der Waals surface area contributed by atoms with E-state index in [1.807, 2.05) is 18.4 Å². The summed E-state index contributed by atoms with van der Waals surface area (Å²) in [5.41, 5.74) is 1.12. The molecule has 0 fully saturated rings. The van der Waals surface area contributed by atoms with E-state index in [1.165, 1.54) is 0 Å². The van der Waals surface area contributed by atoms with Gasteiger partial charge in [-0.05, 0) is 23.9 Å². The number of aryl methyl sites for hydroxylation is 1. The van der Waals surface area contributed by atoms with Gasteiger partial charge in [0.25, 0.3) is 0 Å². The van der Waals surface area contributed by atoms with Gasteiger partial charge in [-0.25, -0.2) is 0 Å². The summed E-state index contributed by atoms with van der Waals surface area (Å²) in [6.45, 7) is 1.97. The number of aliphatic hydroxyl groups excluding tert-OH is 1. The van der Waals surface area contributed by atoms with Crippen molar-refractivity contribution in [3.63, 3.8) is 0 Å². The normalized spacial score (nSPS) is 13.5. The van der Waals surface area contributed by atoms with E-state index in [0.717, 1.165) is 10.4 Å². The first-order chi connectivity index (χ1) is 4.75. The summed E-state index contributed by atoms with van der Waals surface area (Å²) in [4.78, 5) is 0.981. The van der Waals surface area contributed by atoms with Crippen LogP contribution in [0.1, 0.15) is 16.5 Å². The number of halogens is 1. The van der Waals surface area contributed by atoms with Crippen LogP contribution in [0.3, 0.4) is 0 Å². The van der Waals surface area contributed by atoms with E-state index in [-0.39, 0.29) is 5.88 Å². The monoisotopic (exact) mass is 176 g/mol. The van der Waals surface area contributed by atoms with Crippen LogP contribution in [0.5, 0.6) is 0 Å². The molecule has 0 aliphatic carbocycles. The minimum atomic E-state index is -0.485. The Morgan fingerprint density at radius 1 is 1.80 bits per heavy atom. The molecule has 1 heterocycles. The molecule has 0 radical (unpaired) electrons. The third-order valence-electron chi connectivity index (χ3n) is 1.35. The average Bonchev–Trinajstić information content (AvgIpc) is 2.34. The molecule has 0 bridgehead atoms. The predicted octanol–water partition coefficient (Wildman–Crippen LogP) is 2.33. The van der Waals surface area contributed by atoms with Crippen LogP contribution in [0.15, 0.2) is 11.4 Å². The fraction of sp³-hybridized carbons (Fsp3) is 0.429. The molecular weight excluding hydrogens is 168 g/mol. The van der Waals surface area contributed by atoms with Crippen molar-refractivity contribution >= 4 is 22.9 Å². The van der Waals surface area contributed by atoms with Gasteiger partial charge in [0.1, 0.15) is 6.10 Å². The maximum atomic E-state index is 9.28. The van der Waals surface area contributed by atoms with Gasteiger partial charge in [-0.15, -0.1) is 22.9 Å². The highest BCUT2D eigenvalue weighted by atomic mass is 35.5. The molecule has 0 saturated heterocycles. The Hall–Kier alpha value is -0.0500. The minimum absolute atomic E-state index is 0.279. The Morgan fingerprint density at radius 2 is 2.50 bits per heavy atom. The third-order valence-corrected chi connectivity index (χ3v) is 2.76. The van der Waals surface area contributed by atoms with Crippen LogP contribution in [-0.2, 0) is 0 Å². The van der Waals surface area contributed by atoms with Crippen LogP contribution in [0.2, 0.25) is 0 Å². The number of hydrogen-bond donors (Lipinski definition) is 1. The van der Waals surface area contributed by atoms with Gasteiger partial charge < -0.3 is 5.11 Å². The predicted molar refractivity (Wildman–Crippen MR) is 44.7 cm³/mol. The fourth-order valence-corrected chi connectivity index (χ4v) is 1.95. The number of hydrogen-bond acceptors (Lipinski definition) is 2. The van der Waals surface area contributed by atoms with E-state index >= 15 is 0 Å². The molecule has 0 amide bonds. The summed E-state index contributed by atoms with van der Waals surface area (Å²) in [6, 6.07) is 1.98. The highest BCUT2D eigenvalue weighted by molar-refractivity contribution is 7.10. The van der Waals surface area contributed by atoms with Gasteiger partial charge in [0, 0.05) is 4.88 Å². The number of thiophene rings is 1. The van der Waals surface area contributed by atoms with E-state index in [4.69, 9.17) is 11.6 Å². The lowest BCUT2D eigenvalue weighted by atomic mass is 10.2. The lowest BCUT2D eigenvalue weighted by Gasteiger charge is -2.03. The van der Waals surface area contributed by atoms with Gasteiger partial charge in [-0.3, -0.25) is 0 Å². The van der Waals surface area contributed by atoms with Crippen LogP contribution in [0.4, 0.5) is 0 Å². The molecule has 1 aromatic heterocycles. The number of alkyl halides is 1. The van der Waals surface area contributed by atoms with E-state index in [0.29, 0.717) is 0 Å². The molecule has 3 heteroatoms. The largest absolute Gasteiger partial charge is 0.386 e. The lowest BCUT2D eigenvalue weighted by molar-refractivity contribution is 0.206. The van der Waals surface area contributed by atoms with Crippen molar-refractivity contribution in [1.29, 1.82) is 0 Å². The first kappa shape index (κ1) is 8.05. The second-order valence-corrected chi connectivity index (χ2v) is 3.39. The number of aliphatic hydroxyl groups is 1. The molecule has 1 nitrogen and oxygen atoms in total. The van der Waals surface area contributed by atoms with E-state index < -0.39 is 6.10 Å². The van der Waals surface area contributed by atoms with Crippen LogP contribution in [0, 0.1) is 6.92 Å². The van der Waals surface area contributed by atoms with Crippen LogP contribution in [0.25, 0.3) is 0 Å². The van der Waals surface area contributed by atoms with Gasteiger partial charge in [0.2, 0.25) is 0 Å². The van der Waals surface area contributed by atoms with Crippen LogP contribution < -0.4 is 0 Å². The highest BCUT2D eigenvalue weighted by Crippen LogP contribution is 2.24. The molecule has 0 aromatic carbocycles. The summed E-state index contributed by atoms with van der Waals surface area (Å²) in [5.74, 6) is 0.279. The van der Waals surface area contributed by atoms with Gasteiger partial charge in [0.15, 0.2) is 0 Å². The standard InChI is InChI=1S/C7H9ClOS/c1-5-2-3-10-7(5)6(9)4-8/h2-3,6,9H,4H2,1H3/t6-/m0/s1. The topological polar surface area (TPSA) is 20.2 Å². The molecule has 0 aliphatic rings. The lowest BCUT2D eigenvalue weighted by Crippen LogP contribution is -1.96. The zero-order valence-corrected chi connectivity index (χ0v) is 7.25. The smallest absolute Gasteiger partial charge is 0.102 e. The van der Waals surface area contributed by atoms with Crippen molar-refractivity contribution in [3.05, 3.63) is 21.9 Å². The molecule has 1 N–H and O–H groups in total. The van der Waals surface area contributed by atoms with Crippen molar-refractivity contribution in [3.8, 4) is 0 Å². The highest BCUT2D eigenvalue weighted by Gasteiger charge is 2.08. The van der Waals surface area contributed by atoms with Gasteiger partial charge in [0.05, 0.1) is 5.88 Å². The molecule has 10 heavy (non-hydrogen) atoms. The van der Waals surface area contributed by atoms with Crippen LogP contribution in [-0.4, -0.2) is 11.0 Å². The van der Waals surface area contributed by atoms with Crippen molar-refractivity contribution in [2.75, 3.05) is 5.88 Å². The molecule has 1 atom stereocenters. The summed E-state index contributed by atoms with van der Waals surface area (Å²) < 4.78 is 0. The average molecular weight is 177 g/mol. The SMILES string of the molecule is Cc1ccsc1[C@@H](O)CCl. The zero-order chi connectivity index (χ0) is 7.56. The maximum absolute atomic E-state index is 9.28. The van der Waals surface area contributed by atoms with Gasteiger partial charge in [-0.2, -0.15) is 0 Å². The maximum Gasteiger partial charge on any atom is 0.102 e. The fourth-order valence-electron chi connectivity index (χ4n) is 0.796. The van der Waals surface area contributed by atoms with E-state index in [2.05, 4.69) is 0 Å². The summed E-state index contributed by atoms with van der Waals surface area (Å²) in [7, 11) is 0. The third kappa shape index (κ3) is 1.51. The Morgan fingerprint density at radius 3 is 2.90 bits per heavy atom. The second kappa shape index (κ2) is 3.37. The second-order valence-electron chi connectivity index (χ2n) is 2.14. The Balaban J connectivity index is 2.82. The van der Waals surface area contributed by atoms with Gasteiger partial charge in [-0.1, -0.05) is 0 Å². The van der Waals surface area contributed by atoms with Crippen molar-refractivity contribution < 1.29 is 5.11 Å². The van der Waals surface area contributed by atoms with Crippen molar-refractivity contribution in [2.24, 2.45) is 0 Å². The Labute approximate surface area is 69.3 Å². The minimum Gasteiger partial charge on any atom is -0.386 e. The molecule has 0 aliphatic heterocycles. The van der Waals surface area contributed by atoms with Crippen molar-refractivity contribution in [1.82, 2.24) is 0 Å². The van der Waals surface area contributed by atoms with Crippen molar-refractivity contribution in [2.45, 2.75) is 13.0 Å². The molecule has 0 spiro atoms. The summed E-state index contributed by atoms with van der Waals surface area (Å²) >= 11 is 7.02. The van der Waals surface area contributed by atoms with E-state index in [9.17, 15) is 5.11 Å². The Bertz CT molecular complexity index is 209. The summed E-state index contributed by atoms with van der Waals surface area (Å²) in [6.07, 6.45) is -0.485. The first-order valence-corrected chi connectivity index (χ1v) is 4.45. The van der Waals surface area contributed by atoms with E-state index in [1.54, 1.807) is 11.3 Å². The molecule has 1 rings (SSSR count). The quantitative estimate of drug-likeness (QED) is 0.686. The molecule has 0 unspecified atom stereocenters. The summed E-state index contributed by atoms with van der Waals surface area (Å²) in [5, 5.41) is 11.2. The molecular formula is C7H9ClOS. The Kier molecular flexibility index (Phi) is 2.72. The van der Waals surface area contributed by atoms with Gasteiger partial charge >= 0.3 is 0 Å². The molecule has 1 aromatic rings.